The highest BCUT2D eigenvalue weighted by atomic mass is 19.1. The molecule has 1 heterocycles. The van der Waals surface area contributed by atoms with E-state index >= 15 is 0 Å². The third kappa shape index (κ3) is 2.79. The number of hydrogen-bond donors (Lipinski definition) is 1. The molecule has 2 fully saturated rings. The molecule has 23 heavy (non-hydrogen) atoms. The fourth-order valence-corrected chi connectivity index (χ4v) is 3.74. The van der Waals surface area contributed by atoms with E-state index in [1.165, 1.54) is 23.4 Å². The number of nitrogens with two attached hydrogens (primary N) is 1. The van der Waals surface area contributed by atoms with Crippen molar-refractivity contribution < 1.29 is 9.13 Å². The van der Waals surface area contributed by atoms with Crippen molar-refractivity contribution in [3.63, 3.8) is 0 Å². The molecule has 0 bridgehead atoms. The molecule has 1 aliphatic heterocycles. The molecule has 2 aliphatic rings. The molecule has 1 saturated carbocycles. The third-order valence-electron chi connectivity index (χ3n) is 5.03. The van der Waals surface area contributed by atoms with Gasteiger partial charge in [-0.15, -0.1) is 0 Å². The van der Waals surface area contributed by atoms with Crippen LogP contribution in [0, 0.1) is 11.2 Å². The molecular weight excluding hydrogens is 291 g/mol. The first-order valence-electron chi connectivity index (χ1n) is 8.12. The van der Waals surface area contributed by atoms with Crippen LogP contribution in [-0.2, 0) is 6.54 Å². The fraction of sp³-hybridized carbons (Fsp3) is 0.368. The summed E-state index contributed by atoms with van der Waals surface area (Å²) < 4.78 is 18.8. The van der Waals surface area contributed by atoms with E-state index in [2.05, 4.69) is 29.2 Å². The average molecular weight is 312 g/mol. The largest absolute Gasteiger partial charge is 0.490 e. The number of rotatable bonds is 4. The van der Waals surface area contributed by atoms with Gasteiger partial charge in [-0.3, -0.25) is 0 Å². The Kier molecular flexibility index (Phi) is 3.49. The second-order valence-electron chi connectivity index (χ2n) is 6.83. The van der Waals surface area contributed by atoms with Crippen LogP contribution < -0.4 is 15.4 Å². The van der Waals surface area contributed by atoms with Crippen LogP contribution in [0.2, 0.25) is 0 Å². The standard InChI is InChI=1S/C19H21FN2O/c20-15-3-7-17(8-4-15)23-18-9-19(10-18)12-22(13-19)16-5-1-14(11-21)2-6-16/h1-8,18H,9-13,21H2. The molecule has 1 aliphatic carbocycles. The fourth-order valence-electron chi connectivity index (χ4n) is 3.74. The van der Waals surface area contributed by atoms with Crippen LogP contribution in [0.25, 0.3) is 0 Å². The minimum Gasteiger partial charge on any atom is -0.490 e. The van der Waals surface area contributed by atoms with Crippen molar-refractivity contribution in [2.24, 2.45) is 11.1 Å². The van der Waals surface area contributed by atoms with Gasteiger partial charge >= 0.3 is 0 Å². The predicted molar refractivity (Wildman–Crippen MR) is 89.0 cm³/mol. The van der Waals surface area contributed by atoms with Gasteiger partial charge < -0.3 is 15.4 Å². The summed E-state index contributed by atoms with van der Waals surface area (Å²) in [5.74, 6) is 0.539. The van der Waals surface area contributed by atoms with Crippen LogP contribution in [0.5, 0.6) is 5.75 Å². The van der Waals surface area contributed by atoms with Crippen molar-refractivity contribution in [1.82, 2.24) is 0 Å². The number of hydrogen-bond acceptors (Lipinski definition) is 3. The normalized spacial score (nSPS) is 19.3. The maximum Gasteiger partial charge on any atom is 0.123 e. The van der Waals surface area contributed by atoms with E-state index in [0.29, 0.717) is 12.0 Å². The van der Waals surface area contributed by atoms with E-state index < -0.39 is 0 Å². The van der Waals surface area contributed by atoms with E-state index in [9.17, 15) is 4.39 Å². The maximum absolute atomic E-state index is 12.9. The quantitative estimate of drug-likeness (QED) is 0.941. The molecule has 0 atom stereocenters. The Hall–Kier alpha value is -2.07. The van der Waals surface area contributed by atoms with Crippen LogP contribution >= 0.6 is 0 Å². The minimum absolute atomic E-state index is 0.224. The van der Waals surface area contributed by atoms with Crippen molar-refractivity contribution in [1.29, 1.82) is 0 Å². The Bertz CT molecular complexity index is 670. The molecule has 2 aromatic rings. The van der Waals surface area contributed by atoms with Gasteiger partial charge in [0, 0.05) is 30.7 Å². The molecule has 4 rings (SSSR count). The number of ether oxygens (including phenoxy) is 1. The van der Waals surface area contributed by atoms with Crippen LogP contribution in [0.3, 0.4) is 0 Å². The Morgan fingerprint density at radius 3 is 2.30 bits per heavy atom. The van der Waals surface area contributed by atoms with Crippen LogP contribution in [0.15, 0.2) is 48.5 Å². The Balaban J connectivity index is 1.28. The number of nitrogens with zero attached hydrogens (tertiary/aromatic N) is 1. The summed E-state index contributed by atoms with van der Waals surface area (Å²) in [5, 5.41) is 0. The summed E-state index contributed by atoms with van der Waals surface area (Å²) in [6.07, 6.45) is 2.44. The molecule has 120 valence electrons. The first kappa shape index (κ1) is 14.5. The molecule has 0 amide bonds. The van der Waals surface area contributed by atoms with Crippen molar-refractivity contribution in [2.45, 2.75) is 25.5 Å². The third-order valence-corrected chi connectivity index (χ3v) is 5.03. The van der Waals surface area contributed by atoms with Crippen molar-refractivity contribution in [3.8, 4) is 5.75 Å². The summed E-state index contributed by atoms with van der Waals surface area (Å²) in [6.45, 7) is 2.78. The smallest absolute Gasteiger partial charge is 0.123 e. The highest BCUT2D eigenvalue weighted by Crippen LogP contribution is 2.50. The molecular formula is C19H21FN2O. The first-order valence-corrected chi connectivity index (χ1v) is 8.12. The van der Waals surface area contributed by atoms with Crippen molar-refractivity contribution in [3.05, 3.63) is 59.9 Å². The number of benzene rings is 2. The van der Waals surface area contributed by atoms with Gasteiger partial charge in [-0.1, -0.05) is 12.1 Å². The van der Waals surface area contributed by atoms with E-state index in [-0.39, 0.29) is 11.9 Å². The Morgan fingerprint density at radius 1 is 1.04 bits per heavy atom. The predicted octanol–water partition coefficient (Wildman–Crippen LogP) is 3.33. The van der Waals surface area contributed by atoms with E-state index in [0.717, 1.165) is 31.7 Å². The SMILES string of the molecule is NCc1ccc(N2CC3(CC(Oc4ccc(F)cc4)C3)C2)cc1. The monoisotopic (exact) mass is 312 g/mol. The highest BCUT2D eigenvalue weighted by Gasteiger charge is 2.53. The van der Waals surface area contributed by atoms with E-state index in [1.807, 2.05) is 0 Å². The molecule has 0 unspecified atom stereocenters. The maximum atomic E-state index is 12.9. The Labute approximate surface area is 135 Å². The first-order chi connectivity index (χ1) is 11.2. The molecule has 2 N–H and O–H groups in total. The number of halogens is 1. The molecule has 0 radical (unpaired) electrons. The van der Waals surface area contributed by atoms with Gasteiger partial charge in [-0.2, -0.15) is 0 Å². The van der Waals surface area contributed by atoms with E-state index in [4.69, 9.17) is 10.5 Å². The Morgan fingerprint density at radius 2 is 1.70 bits per heavy atom. The van der Waals surface area contributed by atoms with Gasteiger partial charge in [-0.05, 0) is 54.8 Å². The highest BCUT2D eigenvalue weighted by molar-refractivity contribution is 5.51. The zero-order valence-electron chi connectivity index (χ0n) is 13.0. The lowest BCUT2D eigenvalue weighted by atomic mass is 9.61. The zero-order chi connectivity index (χ0) is 15.9. The van der Waals surface area contributed by atoms with Gasteiger partial charge in [0.1, 0.15) is 17.7 Å². The van der Waals surface area contributed by atoms with Crippen LogP contribution in [0.1, 0.15) is 18.4 Å². The van der Waals surface area contributed by atoms with Crippen molar-refractivity contribution >= 4 is 5.69 Å². The summed E-state index contributed by atoms with van der Waals surface area (Å²) in [7, 11) is 0. The summed E-state index contributed by atoms with van der Waals surface area (Å²) in [6, 6.07) is 14.8. The van der Waals surface area contributed by atoms with Gasteiger partial charge in [0.15, 0.2) is 0 Å². The lowest BCUT2D eigenvalue weighted by Gasteiger charge is -2.59. The molecule has 4 heteroatoms. The topological polar surface area (TPSA) is 38.5 Å². The minimum atomic E-state index is -0.224. The molecule has 3 nitrogen and oxygen atoms in total. The second-order valence-corrected chi connectivity index (χ2v) is 6.83. The van der Waals surface area contributed by atoms with Gasteiger partial charge in [0.2, 0.25) is 0 Å². The molecule has 1 spiro atoms. The van der Waals surface area contributed by atoms with Gasteiger partial charge in [0.05, 0.1) is 0 Å². The molecule has 0 aromatic heterocycles. The lowest BCUT2D eigenvalue weighted by molar-refractivity contribution is -0.0340. The lowest BCUT2D eigenvalue weighted by Crippen LogP contribution is -2.64. The molecule has 1 saturated heterocycles. The second kappa shape index (κ2) is 5.53. The number of anilines is 1. The van der Waals surface area contributed by atoms with E-state index in [1.54, 1.807) is 12.1 Å². The van der Waals surface area contributed by atoms with Crippen molar-refractivity contribution in [2.75, 3.05) is 18.0 Å². The van der Waals surface area contributed by atoms with Gasteiger partial charge in [0.25, 0.3) is 0 Å². The van der Waals surface area contributed by atoms with Crippen LogP contribution in [-0.4, -0.2) is 19.2 Å². The van der Waals surface area contributed by atoms with Gasteiger partial charge in [-0.25, -0.2) is 4.39 Å². The molecule has 2 aromatic carbocycles. The summed E-state index contributed by atoms with van der Waals surface area (Å²) >= 11 is 0. The zero-order valence-corrected chi connectivity index (χ0v) is 13.0. The summed E-state index contributed by atoms with van der Waals surface area (Å²) in [4.78, 5) is 2.41. The summed E-state index contributed by atoms with van der Waals surface area (Å²) in [5.41, 5.74) is 8.49. The van der Waals surface area contributed by atoms with Crippen LogP contribution in [0.4, 0.5) is 10.1 Å². The average Bonchev–Trinajstić information content (AvgIpc) is 2.50.